The average Bonchev–Trinajstić information content (AvgIpc) is 2.79. The maximum atomic E-state index is 12.4. The molecule has 0 saturated heterocycles. The third-order valence-corrected chi connectivity index (χ3v) is 4.18. The molecule has 1 aliphatic carbocycles. The highest BCUT2D eigenvalue weighted by molar-refractivity contribution is 5.88. The van der Waals surface area contributed by atoms with Crippen molar-refractivity contribution in [1.29, 1.82) is 0 Å². The van der Waals surface area contributed by atoms with Gasteiger partial charge in [0, 0.05) is 12.8 Å². The van der Waals surface area contributed by atoms with Crippen LogP contribution >= 0.6 is 0 Å². The summed E-state index contributed by atoms with van der Waals surface area (Å²) in [5, 5.41) is 0. The second-order valence-electron chi connectivity index (χ2n) is 5.30. The molecule has 0 amide bonds. The van der Waals surface area contributed by atoms with Crippen molar-refractivity contribution >= 4 is 5.78 Å². The molecule has 0 atom stereocenters. The summed E-state index contributed by atoms with van der Waals surface area (Å²) in [5.41, 5.74) is -0.477. The van der Waals surface area contributed by atoms with Gasteiger partial charge in [0.1, 0.15) is 0 Å². The fourth-order valence-electron chi connectivity index (χ4n) is 3.24. The molecule has 1 saturated carbocycles. The minimum absolute atomic E-state index is 0.0120. The zero-order chi connectivity index (χ0) is 14.5. The Balaban J connectivity index is 2.63. The van der Waals surface area contributed by atoms with Crippen LogP contribution in [0.25, 0.3) is 0 Å². The van der Waals surface area contributed by atoms with Crippen molar-refractivity contribution in [2.45, 2.75) is 70.5 Å². The van der Waals surface area contributed by atoms with E-state index in [0.717, 1.165) is 38.8 Å². The number of hydrogen-bond acceptors (Lipinski definition) is 2. The van der Waals surface area contributed by atoms with Gasteiger partial charge >= 0.3 is 6.18 Å². The summed E-state index contributed by atoms with van der Waals surface area (Å²) < 4.78 is 36.4. The molecule has 1 fully saturated rings. The zero-order valence-corrected chi connectivity index (χ0v) is 11.9. The normalized spacial score (nSPS) is 19.1. The minimum atomic E-state index is -4.15. The van der Waals surface area contributed by atoms with Crippen LogP contribution in [0.5, 0.6) is 0 Å². The van der Waals surface area contributed by atoms with Gasteiger partial charge < -0.3 is 0 Å². The molecule has 112 valence electrons. The predicted octanol–water partition coefficient (Wildman–Crippen LogP) is 3.94. The summed E-state index contributed by atoms with van der Waals surface area (Å²) in [5.74, 6) is 0.0120. The van der Waals surface area contributed by atoms with E-state index in [1.165, 1.54) is 0 Å². The molecule has 1 aliphatic rings. The van der Waals surface area contributed by atoms with E-state index in [1.54, 1.807) is 0 Å². The van der Waals surface area contributed by atoms with Crippen molar-refractivity contribution in [2.75, 3.05) is 13.1 Å². The van der Waals surface area contributed by atoms with Crippen LogP contribution in [0.2, 0.25) is 0 Å². The number of Topliss-reactive ketones (excluding diaryl/α,β-unsaturated/α-hetero) is 1. The summed E-state index contributed by atoms with van der Waals surface area (Å²) in [6.45, 7) is 5.57. The van der Waals surface area contributed by atoms with Crippen LogP contribution in [-0.4, -0.2) is 35.5 Å². The van der Waals surface area contributed by atoms with Crippen molar-refractivity contribution in [3.63, 3.8) is 0 Å². The fourth-order valence-corrected chi connectivity index (χ4v) is 3.24. The molecular formula is C14H24F3NO. The lowest BCUT2D eigenvalue weighted by Crippen LogP contribution is -2.52. The molecule has 0 N–H and O–H groups in total. The smallest absolute Gasteiger partial charge is 0.298 e. The van der Waals surface area contributed by atoms with E-state index >= 15 is 0 Å². The third kappa shape index (κ3) is 4.20. The van der Waals surface area contributed by atoms with Gasteiger partial charge in [0.05, 0.1) is 5.54 Å². The van der Waals surface area contributed by atoms with Crippen LogP contribution in [0, 0.1) is 0 Å². The third-order valence-electron chi connectivity index (χ3n) is 4.18. The Hall–Kier alpha value is -0.580. The van der Waals surface area contributed by atoms with Gasteiger partial charge in [-0.05, 0) is 32.4 Å². The van der Waals surface area contributed by atoms with Crippen molar-refractivity contribution in [3.8, 4) is 0 Å². The Labute approximate surface area is 113 Å². The Morgan fingerprint density at radius 2 is 1.68 bits per heavy atom. The molecular weight excluding hydrogens is 255 g/mol. The molecule has 5 heteroatoms. The van der Waals surface area contributed by atoms with Crippen LogP contribution in [-0.2, 0) is 4.79 Å². The number of ketones is 1. The minimum Gasteiger partial charge on any atom is -0.298 e. The summed E-state index contributed by atoms with van der Waals surface area (Å²) in [4.78, 5) is 14.5. The number of hydrogen-bond donors (Lipinski definition) is 0. The highest BCUT2D eigenvalue weighted by Crippen LogP contribution is 2.37. The van der Waals surface area contributed by atoms with Crippen LogP contribution in [0.1, 0.15) is 58.8 Å². The number of likely N-dealkylation sites (N-methyl/N-ethyl adjacent to an activating group) is 1. The first-order valence-corrected chi connectivity index (χ1v) is 7.21. The Morgan fingerprint density at radius 3 is 2.11 bits per heavy atom. The first kappa shape index (κ1) is 16.5. The molecule has 0 spiro atoms. The van der Waals surface area contributed by atoms with Crippen molar-refractivity contribution < 1.29 is 18.0 Å². The Morgan fingerprint density at radius 1 is 1.16 bits per heavy atom. The number of alkyl halides is 3. The largest absolute Gasteiger partial charge is 0.389 e. The van der Waals surface area contributed by atoms with Gasteiger partial charge in [-0.2, -0.15) is 13.2 Å². The number of halogens is 3. The predicted molar refractivity (Wildman–Crippen MR) is 69.0 cm³/mol. The number of rotatable bonds is 7. The van der Waals surface area contributed by atoms with Crippen molar-refractivity contribution in [3.05, 3.63) is 0 Å². The van der Waals surface area contributed by atoms with Crippen LogP contribution < -0.4 is 0 Å². The molecule has 19 heavy (non-hydrogen) atoms. The zero-order valence-electron chi connectivity index (χ0n) is 11.9. The maximum absolute atomic E-state index is 12.4. The average molecular weight is 279 g/mol. The first-order valence-electron chi connectivity index (χ1n) is 7.21. The van der Waals surface area contributed by atoms with E-state index in [1.807, 2.05) is 13.8 Å². The Bertz CT molecular complexity index is 292. The molecule has 0 unspecified atom stereocenters. The molecule has 0 aromatic rings. The number of nitrogens with zero attached hydrogens (tertiary/aromatic N) is 1. The topological polar surface area (TPSA) is 20.3 Å². The molecule has 0 bridgehead atoms. The molecule has 1 rings (SSSR count). The van der Waals surface area contributed by atoms with Crippen molar-refractivity contribution in [2.24, 2.45) is 0 Å². The van der Waals surface area contributed by atoms with E-state index in [-0.39, 0.29) is 18.6 Å². The van der Waals surface area contributed by atoms with E-state index < -0.39 is 18.1 Å². The fraction of sp³-hybridized carbons (Fsp3) is 0.929. The molecule has 0 heterocycles. The van der Waals surface area contributed by atoms with Crippen LogP contribution in [0.4, 0.5) is 13.2 Å². The number of carbonyl (C=O) groups excluding carboxylic acids is 1. The lowest BCUT2D eigenvalue weighted by molar-refractivity contribution is -0.140. The van der Waals surface area contributed by atoms with Gasteiger partial charge in [0.2, 0.25) is 0 Å². The lowest BCUT2D eigenvalue weighted by Gasteiger charge is -2.39. The summed E-state index contributed by atoms with van der Waals surface area (Å²) in [6.07, 6.45) is -1.42. The number of carbonyl (C=O) groups is 1. The molecule has 0 aromatic carbocycles. The van der Waals surface area contributed by atoms with E-state index in [0.29, 0.717) is 0 Å². The lowest BCUT2D eigenvalue weighted by atomic mass is 9.86. The van der Waals surface area contributed by atoms with Crippen LogP contribution in [0.15, 0.2) is 0 Å². The quantitative estimate of drug-likeness (QED) is 0.703. The summed E-state index contributed by atoms with van der Waals surface area (Å²) in [7, 11) is 0. The van der Waals surface area contributed by atoms with E-state index in [9.17, 15) is 18.0 Å². The van der Waals surface area contributed by atoms with E-state index in [2.05, 4.69) is 4.90 Å². The van der Waals surface area contributed by atoms with Gasteiger partial charge in [0.25, 0.3) is 0 Å². The molecule has 0 aliphatic heterocycles. The highest BCUT2D eigenvalue weighted by Gasteiger charge is 2.44. The van der Waals surface area contributed by atoms with E-state index in [4.69, 9.17) is 0 Å². The monoisotopic (exact) mass is 279 g/mol. The maximum Gasteiger partial charge on any atom is 0.389 e. The molecule has 2 nitrogen and oxygen atoms in total. The van der Waals surface area contributed by atoms with Crippen molar-refractivity contribution in [1.82, 2.24) is 4.90 Å². The first-order chi connectivity index (χ1) is 8.85. The van der Waals surface area contributed by atoms with Gasteiger partial charge in [-0.15, -0.1) is 0 Å². The SMILES string of the molecule is CCN(CC)C1(C(=O)CCCC(F)(F)F)CCCC1. The molecule has 0 radical (unpaired) electrons. The van der Waals surface area contributed by atoms with Gasteiger partial charge in [-0.1, -0.05) is 26.7 Å². The van der Waals surface area contributed by atoms with Crippen LogP contribution in [0.3, 0.4) is 0 Å². The second kappa shape index (κ2) is 6.73. The second-order valence-corrected chi connectivity index (χ2v) is 5.30. The van der Waals surface area contributed by atoms with Gasteiger partial charge in [-0.3, -0.25) is 9.69 Å². The Kier molecular flexibility index (Phi) is 5.83. The van der Waals surface area contributed by atoms with Gasteiger partial charge in [-0.25, -0.2) is 0 Å². The molecule has 0 aromatic heterocycles. The van der Waals surface area contributed by atoms with Gasteiger partial charge in [0.15, 0.2) is 5.78 Å². The standard InChI is InChI=1S/C14H24F3NO/c1-3-18(4-2)13(9-5-6-10-13)12(19)8-7-11-14(15,16)17/h3-11H2,1-2H3. The summed E-state index contributed by atoms with van der Waals surface area (Å²) in [6, 6.07) is 0. The highest BCUT2D eigenvalue weighted by atomic mass is 19.4. The summed E-state index contributed by atoms with van der Waals surface area (Å²) >= 11 is 0.